The summed E-state index contributed by atoms with van der Waals surface area (Å²) in [5.74, 6) is -0.463. The van der Waals surface area contributed by atoms with Crippen molar-refractivity contribution in [1.82, 2.24) is 15.5 Å². The monoisotopic (exact) mass is 429 g/mol. The molecule has 0 radical (unpaired) electrons. The third-order valence-electron chi connectivity index (χ3n) is 3.77. The van der Waals surface area contributed by atoms with Crippen LogP contribution in [-0.4, -0.2) is 54.1 Å². The predicted molar refractivity (Wildman–Crippen MR) is 97.7 cm³/mol. The zero-order valence-electron chi connectivity index (χ0n) is 15.1. The maximum atomic E-state index is 12.2. The zero-order valence-corrected chi connectivity index (χ0v) is 16.7. The van der Waals surface area contributed by atoms with E-state index in [4.69, 9.17) is 9.15 Å². The molecule has 0 aliphatic carbocycles. The Kier molecular flexibility index (Phi) is 6.69. The molecule has 0 saturated carbocycles. The average molecular weight is 430 g/mol. The Morgan fingerprint density at radius 2 is 1.92 bits per heavy atom. The molecule has 9 heteroatoms. The average Bonchev–Trinajstić information content (AvgIpc) is 2.97. The van der Waals surface area contributed by atoms with Crippen LogP contribution >= 0.6 is 15.9 Å². The van der Waals surface area contributed by atoms with Gasteiger partial charge in [0.25, 0.3) is 5.91 Å². The van der Waals surface area contributed by atoms with E-state index in [0.717, 1.165) is 0 Å². The molecule has 2 rings (SSSR count). The zero-order chi connectivity index (χ0) is 19.3. The van der Waals surface area contributed by atoms with Crippen LogP contribution in [0.25, 0.3) is 0 Å². The first-order chi connectivity index (χ1) is 12.1. The normalized spacial score (nSPS) is 15.5. The Hall–Kier alpha value is -2.03. The summed E-state index contributed by atoms with van der Waals surface area (Å²) in [6.07, 6.45) is 0.841. The SMILES string of the molecule is CC(C)(C)OC(=O)NC1CCN(C(=O)CNC(=O)c2ccc(Br)o2)CC1. The first-order valence-corrected chi connectivity index (χ1v) is 9.24. The van der Waals surface area contributed by atoms with Crippen molar-refractivity contribution in [2.45, 2.75) is 45.3 Å². The van der Waals surface area contributed by atoms with E-state index in [1.807, 2.05) is 20.8 Å². The van der Waals surface area contributed by atoms with E-state index in [1.165, 1.54) is 6.07 Å². The number of amides is 3. The highest BCUT2D eigenvalue weighted by Crippen LogP contribution is 2.14. The summed E-state index contributed by atoms with van der Waals surface area (Å²) in [5.41, 5.74) is -0.539. The molecule has 3 amide bonds. The van der Waals surface area contributed by atoms with Crippen molar-refractivity contribution >= 4 is 33.8 Å². The van der Waals surface area contributed by atoms with E-state index >= 15 is 0 Å². The summed E-state index contributed by atoms with van der Waals surface area (Å²) in [4.78, 5) is 37.5. The number of piperidine rings is 1. The number of halogens is 1. The van der Waals surface area contributed by atoms with Gasteiger partial charge in [-0.3, -0.25) is 9.59 Å². The molecule has 1 aliphatic heterocycles. The summed E-state index contributed by atoms with van der Waals surface area (Å²) in [7, 11) is 0. The summed E-state index contributed by atoms with van der Waals surface area (Å²) >= 11 is 3.12. The van der Waals surface area contributed by atoms with E-state index in [0.29, 0.717) is 30.6 Å². The maximum absolute atomic E-state index is 12.2. The number of hydrogen-bond donors (Lipinski definition) is 2. The van der Waals surface area contributed by atoms with Gasteiger partial charge in [0.15, 0.2) is 10.4 Å². The van der Waals surface area contributed by atoms with Gasteiger partial charge in [0.2, 0.25) is 5.91 Å². The molecule has 1 aromatic heterocycles. The second-order valence-electron chi connectivity index (χ2n) is 7.09. The molecule has 1 fully saturated rings. The fourth-order valence-electron chi connectivity index (χ4n) is 2.54. The van der Waals surface area contributed by atoms with Gasteiger partial charge in [-0.25, -0.2) is 4.79 Å². The molecule has 0 unspecified atom stereocenters. The summed E-state index contributed by atoms with van der Waals surface area (Å²) in [6.45, 7) is 6.36. The summed E-state index contributed by atoms with van der Waals surface area (Å²) in [6, 6.07) is 3.11. The van der Waals surface area contributed by atoms with Crippen LogP contribution in [0.15, 0.2) is 21.2 Å². The molecule has 1 aromatic rings. The topological polar surface area (TPSA) is 101 Å². The second kappa shape index (κ2) is 8.57. The molecular formula is C17H24BrN3O5. The van der Waals surface area contributed by atoms with Crippen molar-refractivity contribution in [3.63, 3.8) is 0 Å². The number of alkyl carbamates (subject to hydrolysis) is 1. The third kappa shape index (κ3) is 6.36. The van der Waals surface area contributed by atoms with Gasteiger partial charge in [0.05, 0.1) is 6.54 Å². The van der Waals surface area contributed by atoms with Crippen molar-refractivity contribution in [3.8, 4) is 0 Å². The van der Waals surface area contributed by atoms with Crippen LogP contribution in [0.2, 0.25) is 0 Å². The Morgan fingerprint density at radius 1 is 1.27 bits per heavy atom. The lowest BCUT2D eigenvalue weighted by atomic mass is 10.1. The Bertz CT molecular complexity index is 660. The van der Waals surface area contributed by atoms with E-state index in [1.54, 1.807) is 11.0 Å². The fraction of sp³-hybridized carbons (Fsp3) is 0.588. The molecule has 8 nitrogen and oxygen atoms in total. The van der Waals surface area contributed by atoms with Gasteiger partial charge in [-0.2, -0.15) is 0 Å². The van der Waals surface area contributed by atoms with Crippen LogP contribution < -0.4 is 10.6 Å². The molecular weight excluding hydrogens is 406 g/mol. The number of furan rings is 1. The van der Waals surface area contributed by atoms with Gasteiger partial charge in [0, 0.05) is 19.1 Å². The van der Waals surface area contributed by atoms with Crippen molar-refractivity contribution in [1.29, 1.82) is 0 Å². The lowest BCUT2D eigenvalue weighted by Gasteiger charge is -2.32. The maximum Gasteiger partial charge on any atom is 0.407 e. The Morgan fingerprint density at radius 3 is 2.46 bits per heavy atom. The first kappa shape index (κ1) is 20.3. The van der Waals surface area contributed by atoms with Crippen LogP contribution in [-0.2, 0) is 9.53 Å². The predicted octanol–water partition coefficient (Wildman–Crippen LogP) is 2.29. The third-order valence-corrected chi connectivity index (χ3v) is 4.19. The highest BCUT2D eigenvalue weighted by Gasteiger charge is 2.26. The highest BCUT2D eigenvalue weighted by atomic mass is 79.9. The molecule has 2 N–H and O–H groups in total. The van der Waals surface area contributed by atoms with Gasteiger partial charge >= 0.3 is 6.09 Å². The van der Waals surface area contributed by atoms with Gasteiger partial charge < -0.3 is 24.7 Å². The number of nitrogens with one attached hydrogen (secondary N) is 2. The van der Waals surface area contributed by atoms with Crippen LogP contribution in [0.3, 0.4) is 0 Å². The van der Waals surface area contributed by atoms with E-state index in [9.17, 15) is 14.4 Å². The van der Waals surface area contributed by atoms with Crippen LogP contribution in [0.4, 0.5) is 4.79 Å². The standard InChI is InChI=1S/C17H24BrN3O5/c1-17(2,3)26-16(24)20-11-6-8-21(9-7-11)14(22)10-19-15(23)12-4-5-13(18)25-12/h4-5,11H,6-10H2,1-3H3,(H,19,23)(H,20,24). The van der Waals surface area contributed by atoms with Crippen molar-refractivity contribution in [3.05, 3.63) is 22.6 Å². The van der Waals surface area contributed by atoms with Gasteiger partial charge in [-0.15, -0.1) is 0 Å². The smallest absolute Gasteiger partial charge is 0.407 e. The van der Waals surface area contributed by atoms with Gasteiger partial charge in [-0.05, 0) is 61.7 Å². The minimum atomic E-state index is -0.539. The van der Waals surface area contributed by atoms with E-state index in [-0.39, 0.29) is 24.3 Å². The summed E-state index contributed by atoms with van der Waals surface area (Å²) < 4.78 is 10.8. The van der Waals surface area contributed by atoms with Crippen molar-refractivity contribution in [2.75, 3.05) is 19.6 Å². The van der Waals surface area contributed by atoms with Crippen molar-refractivity contribution in [2.24, 2.45) is 0 Å². The van der Waals surface area contributed by atoms with E-state index < -0.39 is 17.6 Å². The van der Waals surface area contributed by atoms with Crippen molar-refractivity contribution < 1.29 is 23.5 Å². The largest absolute Gasteiger partial charge is 0.444 e. The lowest BCUT2D eigenvalue weighted by molar-refractivity contribution is -0.131. The molecule has 0 spiro atoms. The fourth-order valence-corrected chi connectivity index (χ4v) is 2.85. The minimum absolute atomic E-state index is 0.0241. The number of carbonyl (C=O) groups is 3. The Labute approximate surface area is 160 Å². The Balaban J connectivity index is 1.71. The number of nitrogens with zero attached hydrogens (tertiary/aromatic N) is 1. The number of hydrogen-bond acceptors (Lipinski definition) is 5. The minimum Gasteiger partial charge on any atom is -0.444 e. The number of rotatable bonds is 4. The number of likely N-dealkylation sites (tertiary alicyclic amines) is 1. The highest BCUT2D eigenvalue weighted by molar-refractivity contribution is 9.10. The van der Waals surface area contributed by atoms with Crippen LogP contribution in [0.1, 0.15) is 44.2 Å². The first-order valence-electron chi connectivity index (χ1n) is 8.45. The molecule has 0 aromatic carbocycles. The molecule has 0 bridgehead atoms. The summed E-state index contributed by atoms with van der Waals surface area (Å²) in [5, 5.41) is 5.37. The molecule has 2 heterocycles. The van der Waals surface area contributed by atoms with Crippen LogP contribution in [0.5, 0.6) is 0 Å². The molecule has 26 heavy (non-hydrogen) atoms. The van der Waals surface area contributed by atoms with E-state index in [2.05, 4.69) is 26.6 Å². The molecule has 144 valence electrons. The quantitative estimate of drug-likeness (QED) is 0.764. The lowest BCUT2D eigenvalue weighted by Crippen LogP contribution is -2.49. The second-order valence-corrected chi connectivity index (χ2v) is 7.87. The molecule has 1 saturated heterocycles. The van der Waals surface area contributed by atoms with Crippen LogP contribution in [0, 0.1) is 0 Å². The number of ether oxygens (including phenoxy) is 1. The van der Waals surface area contributed by atoms with Gasteiger partial charge in [-0.1, -0.05) is 0 Å². The van der Waals surface area contributed by atoms with Gasteiger partial charge in [0.1, 0.15) is 5.60 Å². The molecule has 1 aliphatic rings. The molecule has 0 atom stereocenters. The number of carbonyl (C=O) groups excluding carboxylic acids is 3.